The number of rotatable bonds is 5. The van der Waals surface area contributed by atoms with Crippen LogP contribution in [0.5, 0.6) is 0 Å². The Hall–Kier alpha value is -1.90. The fraction of sp³-hybridized carbons (Fsp3) is 0.250. The minimum Gasteiger partial charge on any atom is -0.292 e. The Balaban J connectivity index is 1.59. The van der Waals surface area contributed by atoms with E-state index in [2.05, 4.69) is 99.7 Å². The van der Waals surface area contributed by atoms with Crippen molar-refractivity contribution in [1.29, 1.82) is 0 Å². The third-order valence-electron chi connectivity index (χ3n) is 5.38. The number of aryl methyl sites for hydroxylation is 1. The summed E-state index contributed by atoms with van der Waals surface area (Å²) in [5.41, 5.74) is 5.78. The first kappa shape index (κ1) is 17.5. The maximum absolute atomic E-state index is 3.77. The Labute approximate surface area is 164 Å². The number of halogens is 1. The van der Waals surface area contributed by atoms with Gasteiger partial charge in [-0.2, -0.15) is 0 Å². The summed E-state index contributed by atoms with van der Waals surface area (Å²) in [5, 5.41) is 0. The SMILES string of the molecule is Brc1cccc2c1C[C@@H](N(Cc1ccccc1)Cc1ccccc1)CC2. The van der Waals surface area contributed by atoms with Crippen molar-refractivity contribution < 1.29 is 0 Å². The number of hydrogen-bond donors (Lipinski definition) is 0. The molecule has 0 fully saturated rings. The molecule has 132 valence electrons. The lowest BCUT2D eigenvalue weighted by molar-refractivity contribution is 0.162. The second-order valence-corrected chi connectivity index (χ2v) is 8.00. The average molecular weight is 406 g/mol. The summed E-state index contributed by atoms with van der Waals surface area (Å²) >= 11 is 3.77. The lowest BCUT2D eigenvalue weighted by Crippen LogP contribution is -2.38. The summed E-state index contributed by atoms with van der Waals surface area (Å²) in [6.45, 7) is 2.00. The molecule has 0 spiro atoms. The summed E-state index contributed by atoms with van der Waals surface area (Å²) < 4.78 is 1.26. The molecular formula is C24H24BrN. The van der Waals surface area contributed by atoms with Gasteiger partial charge in [0.2, 0.25) is 0 Å². The monoisotopic (exact) mass is 405 g/mol. The molecule has 3 aromatic carbocycles. The van der Waals surface area contributed by atoms with Crippen molar-refractivity contribution in [3.8, 4) is 0 Å². The fourth-order valence-electron chi connectivity index (χ4n) is 3.99. The first-order valence-corrected chi connectivity index (χ1v) is 10.2. The highest BCUT2D eigenvalue weighted by Gasteiger charge is 2.25. The van der Waals surface area contributed by atoms with Crippen LogP contribution in [0.4, 0.5) is 0 Å². The first-order chi connectivity index (χ1) is 12.8. The minimum absolute atomic E-state index is 0.571. The third kappa shape index (κ3) is 4.08. The molecule has 3 aromatic rings. The van der Waals surface area contributed by atoms with E-state index < -0.39 is 0 Å². The quantitative estimate of drug-likeness (QED) is 0.502. The van der Waals surface area contributed by atoms with Gasteiger partial charge in [-0.1, -0.05) is 88.7 Å². The van der Waals surface area contributed by atoms with E-state index in [9.17, 15) is 0 Å². The molecule has 0 unspecified atom stereocenters. The van der Waals surface area contributed by atoms with Crippen LogP contribution < -0.4 is 0 Å². The highest BCUT2D eigenvalue weighted by molar-refractivity contribution is 9.10. The van der Waals surface area contributed by atoms with E-state index >= 15 is 0 Å². The normalized spacial score (nSPS) is 16.5. The molecule has 1 aliphatic rings. The molecule has 1 nitrogen and oxygen atoms in total. The van der Waals surface area contributed by atoms with Crippen LogP contribution in [0.2, 0.25) is 0 Å². The highest BCUT2D eigenvalue weighted by atomic mass is 79.9. The Bertz CT molecular complexity index is 803. The number of fused-ring (bicyclic) bond motifs is 1. The summed E-state index contributed by atoms with van der Waals surface area (Å²) in [6.07, 6.45) is 3.51. The lowest BCUT2D eigenvalue weighted by Gasteiger charge is -2.36. The van der Waals surface area contributed by atoms with Crippen molar-refractivity contribution in [1.82, 2.24) is 4.90 Å². The lowest BCUT2D eigenvalue weighted by atomic mass is 9.87. The van der Waals surface area contributed by atoms with E-state index in [4.69, 9.17) is 0 Å². The van der Waals surface area contributed by atoms with Gasteiger partial charge in [0.25, 0.3) is 0 Å². The number of hydrogen-bond acceptors (Lipinski definition) is 1. The molecule has 0 heterocycles. The predicted molar refractivity (Wildman–Crippen MR) is 112 cm³/mol. The summed E-state index contributed by atoms with van der Waals surface area (Å²) in [6, 6.07) is 28.9. The van der Waals surface area contributed by atoms with Gasteiger partial charge >= 0.3 is 0 Å². The Morgan fingerprint density at radius 1 is 0.769 bits per heavy atom. The van der Waals surface area contributed by atoms with Crippen molar-refractivity contribution in [3.63, 3.8) is 0 Å². The largest absolute Gasteiger partial charge is 0.292 e. The van der Waals surface area contributed by atoms with Crippen molar-refractivity contribution in [2.75, 3.05) is 0 Å². The van der Waals surface area contributed by atoms with Gasteiger partial charge in [-0.15, -0.1) is 0 Å². The van der Waals surface area contributed by atoms with E-state index in [1.54, 1.807) is 0 Å². The predicted octanol–water partition coefficient (Wildman–Crippen LogP) is 6.01. The van der Waals surface area contributed by atoms with E-state index in [0.717, 1.165) is 19.5 Å². The van der Waals surface area contributed by atoms with Crippen molar-refractivity contribution in [2.45, 2.75) is 38.4 Å². The topological polar surface area (TPSA) is 3.24 Å². The van der Waals surface area contributed by atoms with E-state index in [-0.39, 0.29) is 0 Å². The molecule has 2 heteroatoms. The molecule has 1 atom stereocenters. The molecule has 4 rings (SSSR count). The van der Waals surface area contributed by atoms with Crippen molar-refractivity contribution >= 4 is 15.9 Å². The molecule has 0 amide bonds. The molecular weight excluding hydrogens is 382 g/mol. The first-order valence-electron chi connectivity index (χ1n) is 9.38. The molecule has 1 aliphatic carbocycles. The minimum atomic E-state index is 0.571. The Morgan fingerprint density at radius 2 is 1.38 bits per heavy atom. The van der Waals surface area contributed by atoms with Gasteiger partial charge < -0.3 is 0 Å². The molecule has 0 aromatic heterocycles. The zero-order chi connectivity index (χ0) is 17.8. The zero-order valence-electron chi connectivity index (χ0n) is 14.9. The highest BCUT2D eigenvalue weighted by Crippen LogP contribution is 2.31. The van der Waals surface area contributed by atoms with Gasteiger partial charge in [-0.3, -0.25) is 4.90 Å². The molecule has 0 bridgehead atoms. The van der Waals surface area contributed by atoms with Gasteiger partial charge in [0.05, 0.1) is 0 Å². The molecule has 0 aliphatic heterocycles. The van der Waals surface area contributed by atoms with Crippen LogP contribution in [0.25, 0.3) is 0 Å². The summed E-state index contributed by atoms with van der Waals surface area (Å²) in [7, 11) is 0. The molecule has 0 saturated heterocycles. The van der Waals surface area contributed by atoms with Crippen LogP contribution in [0, 0.1) is 0 Å². The van der Waals surface area contributed by atoms with Crippen molar-refractivity contribution in [2.24, 2.45) is 0 Å². The van der Waals surface area contributed by atoms with Crippen molar-refractivity contribution in [3.05, 3.63) is 106 Å². The van der Waals surface area contributed by atoms with Gasteiger partial charge in [0.15, 0.2) is 0 Å². The molecule has 0 radical (unpaired) electrons. The standard InChI is InChI=1S/C24H24BrN/c25-24-13-7-12-21-14-15-22(16-23(21)24)26(17-19-8-3-1-4-9-19)18-20-10-5-2-6-11-20/h1-13,22H,14-18H2/t22-/m0/s1. The maximum Gasteiger partial charge on any atom is 0.0240 e. The van der Waals surface area contributed by atoms with E-state index in [0.29, 0.717) is 6.04 Å². The Kier molecular flexibility index (Phi) is 5.52. The summed E-state index contributed by atoms with van der Waals surface area (Å²) in [5.74, 6) is 0. The van der Waals surface area contributed by atoms with Gasteiger partial charge in [0, 0.05) is 23.6 Å². The summed E-state index contributed by atoms with van der Waals surface area (Å²) in [4.78, 5) is 2.66. The van der Waals surface area contributed by atoms with Gasteiger partial charge in [0.1, 0.15) is 0 Å². The van der Waals surface area contributed by atoms with Crippen LogP contribution >= 0.6 is 15.9 Å². The zero-order valence-corrected chi connectivity index (χ0v) is 16.5. The Morgan fingerprint density at radius 3 is 2.00 bits per heavy atom. The van der Waals surface area contributed by atoms with Crippen LogP contribution in [-0.2, 0) is 25.9 Å². The van der Waals surface area contributed by atoms with Crippen LogP contribution in [0.15, 0.2) is 83.3 Å². The molecule has 26 heavy (non-hydrogen) atoms. The van der Waals surface area contributed by atoms with Gasteiger partial charge in [-0.25, -0.2) is 0 Å². The van der Waals surface area contributed by atoms with Crippen LogP contribution in [-0.4, -0.2) is 10.9 Å². The average Bonchev–Trinajstić information content (AvgIpc) is 2.69. The van der Waals surface area contributed by atoms with Gasteiger partial charge in [-0.05, 0) is 47.6 Å². The number of benzene rings is 3. The fourth-order valence-corrected chi connectivity index (χ4v) is 4.56. The second kappa shape index (κ2) is 8.20. The van der Waals surface area contributed by atoms with E-state index in [1.807, 2.05) is 0 Å². The second-order valence-electron chi connectivity index (χ2n) is 7.15. The van der Waals surface area contributed by atoms with Crippen LogP contribution in [0.1, 0.15) is 28.7 Å². The number of nitrogens with zero attached hydrogens (tertiary/aromatic N) is 1. The molecule has 0 saturated carbocycles. The van der Waals surface area contributed by atoms with Crippen LogP contribution in [0.3, 0.4) is 0 Å². The molecule has 0 N–H and O–H groups in total. The van der Waals surface area contributed by atoms with E-state index in [1.165, 1.54) is 39.6 Å². The third-order valence-corrected chi connectivity index (χ3v) is 6.12. The smallest absolute Gasteiger partial charge is 0.0240 e. The maximum atomic E-state index is 3.77.